The normalized spacial score (nSPS) is 23.7. The number of nitrogens with zero attached hydrogens (tertiary/aromatic N) is 3. The lowest BCUT2D eigenvalue weighted by molar-refractivity contribution is 0.0288. The summed E-state index contributed by atoms with van der Waals surface area (Å²) in [5.41, 5.74) is -0.406. The van der Waals surface area contributed by atoms with Crippen LogP contribution in [0, 0.1) is 5.92 Å². The van der Waals surface area contributed by atoms with Gasteiger partial charge in [0.25, 0.3) is 0 Å². The SMILES string of the molecule is CN1CCN(CCCNCC2CCN(C(=O)OC(C)(C)C)C2)CC1. The van der Waals surface area contributed by atoms with Gasteiger partial charge in [0, 0.05) is 39.3 Å². The molecule has 1 amide bonds. The van der Waals surface area contributed by atoms with Crippen LogP contribution < -0.4 is 5.32 Å². The molecule has 0 aromatic carbocycles. The molecule has 0 aromatic rings. The summed E-state index contributed by atoms with van der Waals surface area (Å²) in [6, 6.07) is 0. The maximum Gasteiger partial charge on any atom is 0.410 e. The summed E-state index contributed by atoms with van der Waals surface area (Å²) in [5, 5.41) is 3.57. The molecule has 1 unspecified atom stereocenters. The van der Waals surface area contributed by atoms with E-state index >= 15 is 0 Å². The Bertz CT molecular complexity index is 389. The van der Waals surface area contributed by atoms with Crippen molar-refractivity contribution in [2.75, 3.05) is 66.0 Å². The van der Waals surface area contributed by atoms with Crippen LogP contribution in [0.4, 0.5) is 4.79 Å². The quantitative estimate of drug-likeness (QED) is 0.742. The van der Waals surface area contributed by atoms with Crippen molar-refractivity contribution in [3.8, 4) is 0 Å². The van der Waals surface area contributed by atoms with E-state index in [1.54, 1.807) is 0 Å². The van der Waals surface area contributed by atoms with E-state index in [4.69, 9.17) is 4.74 Å². The number of likely N-dealkylation sites (tertiary alicyclic amines) is 1. The number of nitrogens with one attached hydrogen (secondary N) is 1. The second kappa shape index (κ2) is 9.02. The third-order valence-corrected chi connectivity index (χ3v) is 4.79. The second-order valence-corrected chi connectivity index (χ2v) is 8.28. The molecule has 0 radical (unpaired) electrons. The zero-order valence-corrected chi connectivity index (χ0v) is 16.0. The molecule has 2 heterocycles. The number of hydrogen-bond acceptors (Lipinski definition) is 5. The van der Waals surface area contributed by atoms with Crippen LogP contribution in [0.25, 0.3) is 0 Å². The Labute approximate surface area is 147 Å². The molecule has 0 bridgehead atoms. The molecule has 0 aliphatic carbocycles. The van der Waals surface area contributed by atoms with Gasteiger partial charge in [-0.15, -0.1) is 0 Å². The molecular weight excluding hydrogens is 304 g/mol. The van der Waals surface area contributed by atoms with Gasteiger partial charge in [0.05, 0.1) is 0 Å². The van der Waals surface area contributed by atoms with E-state index in [0.717, 1.165) is 32.6 Å². The Kier molecular flexibility index (Phi) is 7.32. The van der Waals surface area contributed by atoms with Crippen molar-refractivity contribution in [3.05, 3.63) is 0 Å². The molecule has 1 N–H and O–H groups in total. The van der Waals surface area contributed by atoms with Gasteiger partial charge in [-0.25, -0.2) is 4.79 Å². The lowest BCUT2D eigenvalue weighted by Gasteiger charge is -2.32. The van der Waals surface area contributed by atoms with Gasteiger partial charge in [0.15, 0.2) is 0 Å². The Morgan fingerprint density at radius 3 is 2.54 bits per heavy atom. The van der Waals surface area contributed by atoms with Crippen molar-refractivity contribution in [3.63, 3.8) is 0 Å². The van der Waals surface area contributed by atoms with Gasteiger partial charge in [-0.2, -0.15) is 0 Å². The maximum atomic E-state index is 12.1. The second-order valence-electron chi connectivity index (χ2n) is 8.28. The van der Waals surface area contributed by atoms with Gasteiger partial charge in [-0.1, -0.05) is 0 Å². The van der Waals surface area contributed by atoms with Crippen LogP contribution in [0.5, 0.6) is 0 Å². The standard InChI is InChI=1S/C18H36N4O2/c1-18(2,3)24-17(23)22-9-6-16(15-22)14-19-7-5-8-21-12-10-20(4)11-13-21/h16,19H,5-15H2,1-4H3. The first kappa shape index (κ1) is 19.5. The fraction of sp³-hybridized carbons (Fsp3) is 0.944. The van der Waals surface area contributed by atoms with E-state index in [-0.39, 0.29) is 6.09 Å². The highest BCUT2D eigenvalue weighted by atomic mass is 16.6. The van der Waals surface area contributed by atoms with Crippen molar-refractivity contribution in [1.82, 2.24) is 20.0 Å². The summed E-state index contributed by atoms with van der Waals surface area (Å²) in [6.07, 6.45) is 2.11. The molecule has 2 rings (SSSR count). The monoisotopic (exact) mass is 340 g/mol. The zero-order valence-electron chi connectivity index (χ0n) is 16.0. The minimum absolute atomic E-state index is 0.167. The Hall–Kier alpha value is -0.850. The number of hydrogen-bond donors (Lipinski definition) is 1. The van der Waals surface area contributed by atoms with Crippen LogP contribution >= 0.6 is 0 Å². The molecule has 2 fully saturated rings. The van der Waals surface area contributed by atoms with Crippen LogP contribution in [0.1, 0.15) is 33.6 Å². The van der Waals surface area contributed by atoms with Crippen molar-refractivity contribution in [2.45, 2.75) is 39.2 Å². The van der Waals surface area contributed by atoms with E-state index in [1.165, 1.54) is 39.1 Å². The van der Waals surface area contributed by atoms with Crippen LogP contribution in [-0.4, -0.2) is 92.3 Å². The highest BCUT2D eigenvalue weighted by Gasteiger charge is 2.29. The first-order chi connectivity index (χ1) is 11.3. The summed E-state index contributed by atoms with van der Waals surface area (Å²) >= 11 is 0. The van der Waals surface area contributed by atoms with Crippen molar-refractivity contribution in [1.29, 1.82) is 0 Å². The zero-order chi connectivity index (χ0) is 17.6. The first-order valence-electron chi connectivity index (χ1n) is 9.43. The summed E-state index contributed by atoms with van der Waals surface area (Å²) in [7, 11) is 2.20. The number of amides is 1. The van der Waals surface area contributed by atoms with Gasteiger partial charge in [-0.3, -0.25) is 0 Å². The molecule has 2 aliphatic rings. The molecule has 24 heavy (non-hydrogen) atoms. The average molecular weight is 341 g/mol. The highest BCUT2D eigenvalue weighted by molar-refractivity contribution is 5.68. The number of likely N-dealkylation sites (N-methyl/N-ethyl adjacent to an activating group) is 1. The Balaban J connectivity index is 1.52. The fourth-order valence-corrected chi connectivity index (χ4v) is 3.30. The predicted molar refractivity (Wildman–Crippen MR) is 97.3 cm³/mol. The number of ether oxygens (including phenoxy) is 1. The topological polar surface area (TPSA) is 48.0 Å². The minimum Gasteiger partial charge on any atom is -0.444 e. The minimum atomic E-state index is -0.406. The largest absolute Gasteiger partial charge is 0.444 e. The Morgan fingerprint density at radius 2 is 1.88 bits per heavy atom. The summed E-state index contributed by atoms with van der Waals surface area (Å²) in [4.78, 5) is 18.9. The molecule has 2 saturated heterocycles. The number of rotatable bonds is 6. The fourth-order valence-electron chi connectivity index (χ4n) is 3.30. The lowest BCUT2D eigenvalue weighted by Crippen LogP contribution is -2.45. The molecule has 0 aromatic heterocycles. The predicted octanol–water partition coefficient (Wildman–Crippen LogP) is 1.47. The summed E-state index contributed by atoms with van der Waals surface area (Å²) in [6.45, 7) is 15.4. The van der Waals surface area contributed by atoms with E-state index in [9.17, 15) is 4.79 Å². The Morgan fingerprint density at radius 1 is 1.17 bits per heavy atom. The molecule has 2 aliphatic heterocycles. The molecule has 6 heteroatoms. The van der Waals surface area contributed by atoms with E-state index in [1.807, 2.05) is 25.7 Å². The van der Waals surface area contributed by atoms with Gasteiger partial charge < -0.3 is 24.8 Å². The van der Waals surface area contributed by atoms with Crippen molar-refractivity contribution < 1.29 is 9.53 Å². The molecule has 1 atom stereocenters. The van der Waals surface area contributed by atoms with E-state index in [0.29, 0.717) is 5.92 Å². The highest BCUT2D eigenvalue weighted by Crippen LogP contribution is 2.18. The summed E-state index contributed by atoms with van der Waals surface area (Å²) < 4.78 is 5.45. The van der Waals surface area contributed by atoms with Crippen LogP contribution in [0.3, 0.4) is 0 Å². The average Bonchev–Trinajstić information content (AvgIpc) is 2.96. The first-order valence-corrected chi connectivity index (χ1v) is 9.43. The molecule has 6 nitrogen and oxygen atoms in total. The van der Waals surface area contributed by atoms with Crippen molar-refractivity contribution in [2.24, 2.45) is 5.92 Å². The van der Waals surface area contributed by atoms with Gasteiger partial charge in [0.2, 0.25) is 0 Å². The maximum absolute atomic E-state index is 12.1. The van der Waals surface area contributed by atoms with Crippen LogP contribution in [0.2, 0.25) is 0 Å². The molecular formula is C18H36N4O2. The molecule has 0 saturated carbocycles. The number of carbonyl (C=O) groups excluding carboxylic acids is 1. The number of carbonyl (C=O) groups is 1. The third-order valence-electron chi connectivity index (χ3n) is 4.79. The van der Waals surface area contributed by atoms with E-state index in [2.05, 4.69) is 22.2 Å². The van der Waals surface area contributed by atoms with Gasteiger partial charge >= 0.3 is 6.09 Å². The third kappa shape index (κ3) is 6.95. The number of piperazine rings is 1. The van der Waals surface area contributed by atoms with E-state index < -0.39 is 5.60 Å². The van der Waals surface area contributed by atoms with Crippen LogP contribution in [0.15, 0.2) is 0 Å². The smallest absolute Gasteiger partial charge is 0.410 e. The van der Waals surface area contributed by atoms with Crippen LogP contribution in [-0.2, 0) is 4.74 Å². The van der Waals surface area contributed by atoms with Gasteiger partial charge in [-0.05, 0) is 66.2 Å². The van der Waals surface area contributed by atoms with Crippen molar-refractivity contribution >= 4 is 6.09 Å². The summed E-state index contributed by atoms with van der Waals surface area (Å²) in [5.74, 6) is 0.557. The molecule has 0 spiro atoms. The lowest BCUT2D eigenvalue weighted by atomic mass is 10.1. The molecule has 140 valence electrons. The van der Waals surface area contributed by atoms with Gasteiger partial charge in [0.1, 0.15) is 5.60 Å².